The lowest BCUT2D eigenvalue weighted by Gasteiger charge is -2.06. The number of thiophene rings is 1. The molecular weight excluding hydrogens is 232 g/mol. The highest BCUT2D eigenvalue weighted by molar-refractivity contribution is 7.10. The lowest BCUT2D eigenvalue weighted by atomic mass is 10.2. The molecule has 1 aromatic heterocycles. The molecule has 1 saturated carbocycles. The first-order valence-electron chi connectivity index (χ1n) is 6.28. The van der Waals surface area contributed by atoms with Crippen LogP contribution in [0.15, 0.2) is 11.4 Å². The van der Waals surface area contributed by atoms with Crippen LogP contribution in [-0.4, -0.2) is 11.9 Å². The second kappa shape index (κ2) is 5.65. The topological polar surface area (TPSA) is 41.1 Å². The van der Waals surface area contributed by atoms with E-state index >= 15 is 0 Å². The average Bonchev–Trinajstić information content (AvgIpc) is 2.86. The first-order chi connectivity index (χ1) is 8.20. The van der Waals surface area contributed by atoms with Crippen LogP contribution in [0.5, 0.6) is 0 Å². The van der Waals surface area contributed by atoms with Crippen molar-refractivity contribution in [3.8, 4) is 0 Å². The average molecular weight is 252 g/mol. The van der Waals surface area contributed by atoms with Crippen LogP contribution in [0.25, 0.3) is 0 Å². The molecule has 1 aliphatic carbocycles. The van der Waals surface area contributed by atoms with Gasteiger partial charge < -0.3 is 10.6 Å². The van der Waals surface area contributed by atoms with Gasteiger partial charge in [-0.05, 0) is 30.2 Å². The maximum absolute atomic E-state index is 11.0. The third kappa shape index (κ3) is 3.54. The SMILES string of the molecule is CCCC1CC1NCc1sccc1NC(C)=O. The molecule has 0 spiro atoms. The molecule has 17 heavy (non-hydrogen) atoms. The molecule has 4 heteroatoms. The van der Waals surface area contributed by atoms with Crippen molar-refractivity contribution in [1.29, 1.82) is 0 Å². The number of carbonyl (C=O) groups is 1. The zero-order chi connectivity index (χ0) is 12.3. The third-order valence-electron chi connectivity index (χ3n) is 3.16. The summed E-state index contributed by atoms with van der Waals surface area (Å²) < 4.78 is 0. The van der Waals surface area contributed by atoms with Crippen molar-refractivity contribution in [2.24, 2.45) is 5.92 Å². The first-order valence-corrected chi connectivity index (χ1v) is 7.16. The van der Waals surface area contributed by atoms with E-state index in [0.717, 1.165) is 18.2 Å². The van der Waals surface area contributed by atoms with Gasteiger partial charge in [-0.2, -0.15) is 0 Å². The zero-order valence-corrected chi connectivity index (χ0v) is 11.3. The molecule has 1 aromatic rings. The van der Waals surface area contributed by atoms with Gasteiger partial charge >= 0.3 is 0 Å². The van der Waals surface area contributed by atoms with Crippen LogP contribution in [-0.2, 0) is 11.3 Å². The molecule has 1 aliphatic rings. The van der Waals surface area contributed by atoms with Crippen LogP contribution in [0.3, 0.4) is 0 Å². The Balaban J connectivity index is 1.79. The van der Waals surface area contributed by atoms with Crippen molar-refractivity contribution in [3.63, 3.8) is 0 Å². The Labute approximate surface area is 107 Å². The normalized spacial score (nSPS) is 22.5. The molecule has 0 bridgehead atoms. The fourth-order valence-corrected chi connectivity index (χ4v) is 2.97. The highest BCUT2D eigenvalue weighted by atomic mass is 32.1. The Morgan fingerprint density at radius 2 is 2.41 bits per heavy atom. The van der Waals surface area contributed by atoms with Gasteiger partial charge in [-0.3, -0.25) is 4.79 Å². The fourth-order valence-electron chi connectivity index (χ4n) is 2.19. The summed E-state index contributed by atoms with van der Waals surface area (Å²) in [4.78, 5) is 12.2. The molecule has 2 atom stereocenters. The minimum atomic E-state index is -0.0000635. The van der Waals surface area contributed by atoms with Crippen molar-refractivity contribution in [2.75, 3.05) is 5.32 Å². The van der Waals surface area contributed by atoms with Crippen LogP contribution in [0.2, 0.25) is 0 Å². The van der Waals surface area contributed by atoms with Crippen molar-refractivity contribution >= 4 is 22.9 Å². The Kier molecular flexibility index (Phi) is 4.18. The maximum Gasteiger partial charge on any atom is 0.221 e. The Morgan fingerprint density at radius 1 is 1.59 bits per heavy atom. The van der Waals surface area contributed by atoms with E-state index in [0.29, 0.717) is 6.04 Å². The number of rotatable bonds is 6. The van der Waals surface area contributed by atoms with E-state index in [4.69, 9.17) is 0 Å². The standard InChI is InChI=1S/C13H20N2OS/c1-3-4-10-7-12(10)14-8-13-11(5-6-17-13)15-9(2)16/h5-6,10,12,14H,3-4,7-8H2,1-2H3,(H,15,16). The minimum Gasteiger partial charge on any atom is -0.325 e. The van der Waals surface area contributed by atoms with Crippen LogP contribution in [0.4, 0.5) is 5.69 Å². The third-order valence-corrected chi connectivity index (χ3v) is 4.08. The maximum atomic E-state index is 11.0. The largest absolute Gasteiger partial charge is 0.325 e. The molecule has 3 nitrogen and oxygen atoms in total. The number of hydrogen-bond acceptors (Lipinski definition) is 3. The summed E-state index contributed by atoms with van der Waals surface area (Å²) in [5.41, 5.74) is 0.961. The lowest BCUT2D eigenvalue weighted by Crippen LogP contribution is -2.18. The molecule has 2 N–H and O–H groups in total. The van der Waals surface area contributed by atoms with Gasteiger partial charge in [0.15, 0.2) is 0 Å². The van der Waals surface area contributed by atoms with Gasteiger partial charge in [0, 0.05) is 24.4 Å². The van der Waals surface area contributed by atoms with Gasteiger partial charge in [-0.15, -0.1) is 11.3 Å². The summed E-state index contributed by atoms with van der Waals surface area (Å²) in [5.74, 6) is 0.879. The van der Waals surface area contributed by atoms with Crippen LogP contribution in [0, 0.1) is 5.92 Å². The van der Waals surface area contributed by atoms with Gasteiger partial charge in [-0.25, -0.2) is 0 Å². The Bertz CT molecular complexity index is 389. The first kappa shape index (κ1) is 12.6. The molecule has 1 fully saturated rings. The highest BCUT2D eigenvalue weighted by Gasteiger charge is 2.35. The van der Waals surface area contributed by atoms with Crippen LogP contribution in [0.1, 0.15) is 38.0 Å². The minimum absolute atomic E-state index is 0.0000635. The molecule has 1 amide bonds. The molecule has 2 unspecified atom stereocenters. The van der Waals surface area contributed by atoms with Gasteiger partial charge in [0.1, 0.15) is 0 Å². The van der Waals surface area contributed by atoms with E-state index in [-0.39, 0.29) is 5.91 Å². The Hall–Kier alpha value is -0.870. The summed E-state index contributed by atoms with van der Waals surface area (Å²) in [6.07, 6.45) is 3.92. The molecule has 1 heterocycles. The molecule has 0 saturated heterocycles. The summed E-state index contributed by atoms with van der Waals surface area (Å²) in [6, 6.07) is 2.67. The van der Waals surface area contributed by atoms with Crippen molar-refractivity contribution in [1.82, 2.24) is 5.32 Å². The van der Waals surface area contributed by atoms with Crippen molar-refractivity contribution in [2.45, 2.75) is 45.7 Å². The summed E-state index contributed by atoms with van der Waals surface area (Å²) in [7, 11) is 0. The number of anilines is 1. The monoisotopic (exact) mass is 252 g/mol. The van der Waals surface area contributed by atoms with E-state index in [1.165, 1.54) is 24.1 Å². The number of hydrogen-bond donors (Lipinski definition) is 2. The highest BCUT2D eigenvalue weighted by Crippen LogP contribution is 2.35. The predicted molar refractivity (Wildman–Crippen MR) is 72.3 cm³/mol. The van der Waals surface area contributed by atoms with E-state index in [9.17, 15) is 4.79 Å². The summed E-state index contributed by atoms with van der Waals surface area (Å²) in [6.45, 7) is 4.66. The fraction of sp³-hybridized carbons (Fsp3) is 0.615. The molecular formula is C13H20N2OS. The predicted octanol–water partition coefficient (Wildman–Crippen LogP) is 2.98. The smallest absolute Gasteiger partial charge is 0.221 e. The second-order valence-electron chi connectivity index (χ2n) is 4.71. The summed E-state index contributed by atoms with van der Waals surface area (Å²) >= 11 is 1.70. The van der Waals surface area contributed by atoms with Gasteiger partial charge in [0.25, 0.3) is 0 Å². The van der Waals surface area contributed by atoms with E-state index in [2.05, 4.69) is 17.6 Å². The molecule has 0 aliphatic heterocycles. The number of carbonyl (C=O) groups excluding carboxylic acids is 1. The van der Waals surface area contributed by atoms with Gasteiger partial charge in [-0.1, -0.05) is 13.3 Å². The van der Waals surface area contributed by atoms with Crippen LogP contribution >= 0.6 is 11.3 Å². The van der Waals surface area contributed by atoms with Crippen LogP contribution < -0.4 is 10.6 Å². The zero-order valence-electron chi connectivity index (χ0n) is 10.5. The van der Waals surface area contributed by atoms with E-state index in [1.54, 1.807) is 18.3 Å². The molecule has 0 radical (unpaired) electrons. The van der Waals surface area contributed by atoms with E-state index < -0.39 is 0 Å². The number of amides is 1. The quantitative estimate of drug-likeness (QED) is 0.817. The number of nitrogens with one attached hydrogen (secondary N) is 2. The summed E-state index contributed by atoms with van der Waals surface area (Å²) in [5, 5.41) is 8.46. The Morgan fingerprint density at radius 3 is 3.12 bits per heavy atom. The van der Waals surface area contributed by atoms with Crippen molar-refractivity contribution < 1.29 is 4.79 Å². The van der Waals surface area contributed by atoms with Gasteiger partial charge in [0.05, 0.1) is 5.69 Å². The van der Waals surface area contributed by atoms with E-state index in [1.807, 2.05) is 11.4 Å². The molecule has 2 rings (SSSR count). The molecule has 0 aromatic carbocycles. The lowest BCUT2D eigenvalue weighted by molar-refractivity contribution is -0.114. The second-order valence-corrected chi connectivity index (χ2v) is 5.71. The molecule has 94 valence electrons. The van der Waals surface area contributed by atoms with Gasteiger partial charge in [0.2, 0.25) is 5.91 Å². The van der Waals surface area contributed by atoms with Crippen molar-refractivity contribution in [3.05, 3.63) is 16.3 Å².